The maximum atomic E-state index is 11.4. The van der Waals surface area contributed by atoms with E-state index in [1.807, 2.05) is 49.4 Å². The molecule has 1 heterocycles. The minimum Gasteiger partial charge on any atom is -0.407 e. The van der Waals surface area contributed by atoms with Crippen molar-refractivity contribution in [3.8, 4) is 12.3 Å². The van der Waals surface area contributed by atoms with Gasteiger partial charge in [0.1, 0.15) is 0 Å². The van der Waals surface area contributed by atoms with Gasteiger partial charge in [-0.25, -0.2) is 0 Å². The quantitative estimate of drug-likeness (QED) is 0.441. The summed E-state index contributed by atoms with van der Waals surface area (Å²) in [6.45, 7) is 5.76. The number of hydrogen-bond acceptors (Lipinski definition) is 3. The number of Topliss-reactive ketones (excluding diaryl/α,β-unsaturated/α-hetero) is 1. The van der Waals surface area contributed by atoms with Crippen LogP contribution in [0.4, 0.5) is 0 Å². The third kappa shape index (κ3) is 5.20. The van der Waals surface area contributed by atoms with Crippen LogP contribution in [-0.4, -0.2) is 11.8 Å². The Morgan fingerprint density at radius 2 is 2.00 bits per heavy atom. The second kappa shape index (κ2) is 9.05. The monoisotopic (exact) mass is 335 g/mol. The molecule has 0 aliphatic carbocycles. The Kier molecular flexibility index (Phi) is 6.80. The van der Waals surface area contributed by atoms with Gasteiger partial charge in [0.2, 0.25) is 0 Å². The number of ketones is 1. The molecule has 3 nitrogen and oxygen atoms in total. The average Bonchev–Trinajstić information content (AvgIpc) is 3.12. The van der Waals surface area contributed by atoms with Crippen molar-refractivity contribution < 1.29 is 9.63 Å². The standard InChI is InChI=1S/C22H25NO2/c1-5-7-8-18(6-2)10-9-16(3)21-15-22(25-23-21)20-13-11-19(12-14-20)17(4)24/h2,9-15,21,23H,5,7-8H2,1,3-4H3/b16-9+,18-10+. The van der Waals surface area contributed by atoms with E-state index < -0.39 is 0 Å². The predicted molar refractivity (Wildman–Crippen MR) is 103 cm³/mol. The molecule has 0 aromatic heterocycles. The number of carbonyl (C=O) groups excluding carboxylic acids is 1. The van der Waals surface area contributed by atoms with Crippen molar-refractivity contribution in [2.24, 2.45) is 0 Å². The van der Waals surface area contributed by atoms with Gasteiger partial charge < -0.3 is 4.84 Å². The molecule has 1 aromatic carbocycles. The van der Waals surface area contributed by atoms with Gasteiger partial charge in [0.05, 0.1) is 6.04 Å². The lowest BCUT2D eigenvalue weighted by molar-refractivity contribution is 0.101. The van der Waals surface area contributed by atoms with E-state index in [9.17, 15) is 4.79 Å². The number of nitrogens with one attached hydrogen (secondary N) is 1. The zero-order valence-corrected chi connectivity index (χ0v) is 15.1. The second-order valence-electron chi connectivity index (χ2n) is 6.21. The topological polar surface area (TPSA) is 38.3 Å². The van der Waals surface area contributed by atoms with E-state index in [2.05, 4.69) is 18.3 Å². The van der Waals surface area contributed by atoms with Gasteiger partial charge in [-0.15, -0.1) is 11.9 Å². The fraction of sp³-hybridized carbons (Fsp3) is 0.318. The minimum atomic E-state index is 0.00364. The number of rotatable bonds is 7. The molecule has 25 heavy (non-hydrogen) atoms. The molecule has 2 rings (SSSR count). The number of hydrogen-bond donors (Lipinski definition) is 1. The van der Waals surface area contributed by atoms with Gasteiger partial charge in [0, 0.05) is 16.7 Å². The lowest BCUT2D eigenvalue weighted by Crippen LogP contribution is -2.21. The van der Waals surface area contributed by atoms with E-state index in [1.165, 1.54) is 0 Å². The summed E-state index contributed by atoms with van der Waals surface area (Å²) < 4.78 is 0. The Morgan fingerprint density at radius 3 is 2.60 bits per heavy atom. The van der Waals surface area contributed by atoms with Crippen LogP contribution in [0.3, 0.4) is 0 Å². The number of hydroxylamine groups is 1. The maximum Gasteiger partial charge on any atom is 0.159 e. The highest BCUT2D eigenvalue weighted by Gasteiger charge is 2.19. The van der Waals surface area contributed by atoms with Crippen molar-refractivity contribution >= 4 is 11.5 Å². The number of carbonyl (C=O) groups is 1. The largest absolute Gasteiger partial charge is 0.407 e. The van der Waals surface area contributed by atoms with E-state index in [0.29, 0.717) is 5.56 Å². The van der Waals surface area contributed by atoms with Gasteiger partial charge in [0.25, 0.3) is 0 Å². The first kappa shape index (κ1) is 18.8. The van der Waals surface area contributed by atoms with Crippen LogP contribution in [0.25, 0.3) is 5.76 Å². The predicted octanol–water partition coefficient (Wildman–Crippen LogP) is 4.83. The highest BCUT2D eigenvalue weighted by Crippen LogP contribution is 2.23. The number of unbranched alkanes of at least 4 members (excludes halogenated alkanes) is 1. The molecule has 0 spiro atoms. The number of allylic oxidation sites excluding steroid dienone is 3. The molecule has 3 heteroatoms. The van der Waals surface area contributed by atoms with Crippen LogP contribution in [0.5, 0.6) is 0 Å². The van der Waals surface area contributed by atoms with Gasteiger partial charge in [-0.3, -0.25) is 4.79 Å². The highest BCUT2D eigenvalue weighted by atomic mass is 16.7. The van der Waals surface area contributed by atoms with Crippen LogP contribution in [0.2, 0.25) is 0 Å². The van der Waals surface area contributed by atoms with E-state index >= 15 is 0 Å². The molecule has 0 amide bonds. The summed E-state index contributed by atoms with van der Waals surface area (Å²) in [4.78, 5) is 16.9. The molecule has 130 valence electrons. The molecule has 0 saturated carbocycles. The molecule has 1 aliphatic rings. The normalized spacial score (nSPS) is 17.7. The molecular weight excluding hydrogens is 310 g/mol. The molecule has 1 aliphatic heterocycles. The van der Waals surface area contributed by atoms with Crippen molar-refractivity contribution in [3.63, 3.8) is 0 Å². The summed E-state index contributed by atoms with van der Waals surface area (Å²) in [6.07, 6.45) is 14.8. The Bertz CT molecular complexity index is 745. The molecule has 1 aromatic rings. The summed E-state index contributed by atoms with van der Waals surface area (Å²) >= 11 is 0. The molecule has 0 saturated heterocycles. The van der Waals surface area contributed by atoms with Crippen molar-refractivity contribution in [1.29, 1.82) is 0 Å². The Hall–Kier alpha value is -2.57. The van der Waals surface area contributed by atoms with E-state index in [1.54, 1.807) is 6.92 Å². The lowest BCUT2D eigenvalue weighted by atomic mass is 10.0. The lowest BCUT2D eigenvalue weighted by Gasteiger charge is -2.07. The first-order valence-corrected chi connectivity index (χ1v) is 8.64. The van der Waals surface area contributed by atoms with Crippen molar-refractivity contribution in [2.45, 2.75) is 46.1 Å². The molecular formula is C22H25NO2. The molecule has 0 bridgehead atoms. The molecule has 1 N–H and O–H groups in total. The summed E-state index contributed by atoms with van der Waals surface area (Å²) in [5, 5.41) is 0. The third-order valence-corrected chi connectivity index (χ3v) is 4.21. The van der Waals surface area contributed by atoms with Crippen molar-refractivity contribution in [1.82, 2.24) is 5.48 Å². The minimum absolute atomic E-state index is 0.00364. The van der Waals surface area contributed by atoms with Crippen molar-refractivity contribution in [3.05, 3.63) is 64.8 Å². The maximum absolute atomic E-state index is 11.4. The van der Waals surface area contributed by atoms with Gasteiger partial charge in [-0.2, -0.15) is 0 Å². The van der Waals surface area contributed by atoms with Crippen LogP contribution >= 0.6 is 0 Å². The second-order valence-corrected chi connectivity index (χ2v) is 6.21. The summed E-state index contributed by atoms with van der Waals surface area (Å²) in [5.74, 6) is 3.57. The van der Waals surface area contributed by atoms with E-state index in [0.717, 1.165) is 41.7 Å². The van der Waals surface area contributed by atoms with E-state index in [4.69, 9.17) is 11.3 Å². The molecule has 1 atom stereocenters. The highest BCUT2D eigenvalue weighted by molar-refractivity contribution is 5.94. The van der Waals surface area contributed by atoms with Gasteiger partial charge in [-0.1, -0.05) is 55.7 Å². The number of benzene rings is 1. The fourth-order valence-corrected chi connectivity index (χ4v) is 2.50. The average molecular weight is 335 g/mol. The summed E-state index contributed by atoms with van der Waals surface area (Å²) in [7, 11) is 0. The first-order valence-electron chi connectivity index (χ1n) is 8.64. The first-order chi connectivity index (χ1) is 12.0. The van der Waals surface area contributed by atoms with Crippen LogP contribution < -0.4 is 5.48 Å². The van der Waals surface area contributed by atoms with Crippen LogP contribution in [-0.2, 0) is 4.84 Å². The molecule has 0 radical (unpaired) electrons. The van der Waals surface area contributed by atoms with Crippen LogP contribution in [0, 0.1) is 12.3 Å². The Morgan fingerprint density at radius 1 is 1.28 bits per heavy atom. The molecule has 1 unspecified atom stereocenters. The van der Waals surface area contributed by atoms with E-state index in [-0.39, 0.29) is 11.8 Å². The van der Waals surface area contributed by atoms with Crippen molar-refractivity contribution in [2.75, 3.05) is 0 Å². The van der Waals surface area contributed by atoms with Gasteiger partial charge in [-0.05, 0) is 38.3 Å². The Labute approximate surface area is 150 Å². The third-order valence-electron chi connectivity index (χ3n) is 4.21. The smallest absolute Gasteiger partial charge is 0.159 e. The van der Waals surface area contributed by atoms with Gasteiger partial charge in [0.15, 0.2) is 11.5 Å². The zero-order chi connectivity index (χ0) is 18.2. The van der Waals surface area contributed by atoms with Crippen LogP contribution in [0.1, 0.15) is 56.0 Å². The summed E-state index contributed by atoms with van der Waals surface area (Å²) in [6, 6.07) is 7.42. The number of terminal acetylenes is 1. The summed E-state index contributed by atoms with van der Waals surface area (Å²) in [5.41, 5.74) is 6.80. The van der Waals surface area contributed by atoms with Gasteiger partial charge >= 0.3 is 0 Å². The zero-order valence-electron chi connectivity index (χ0n) is 15.1. The molecule has 0 fully saturated rings. The fourth-order valence-electron chi connectivity index (χ4n) is 2.50. The van der Waals surface area contributed by atoms with Crippen LogP contribution in [0.15, 0.2) is 53.6 Å². The SMILES string of the molecule is C#C/C(=C\C=C(/C)C1C=C(c2ccc(C(C)=O)cc2)ON1)CCCC. The Balaban J connectivity index is 2.09.